The van der Waals surface area contributed by atoms with E-state index in [9.17, 15) is 18.8 Å². The van der Waals surface area contributed by atoms with Gasteiger partial charge in [0.15, 0.2) is 0 Å². The highest BCUT2D eigenvalue weighted by molar-refractivity contribution is 5.95. The maximum atomic E-state index is 14.0. The minimum Gasteiger partial charge on any atom is -0.463 e. The van der Waals surface area contributed by atoms with Crippen molar-refractivity contribution in [2.24, 2.45) is 0 Å². The normalized spacial score (nSPS) is 18.9. The van der Waals surface area contributed by atoms with Crippen molar-refractivity contribution in [1.29, 1.82) is 0 Å². The van der Waals surface area contributed by atoms with Crippen LogP contribution in [-0.4, -0.2) is 79.0 Å². The number of hydrogen-bond acceptors (Lipinski definition) is 5. The Morgan fingerprint density at radius 3 is 2.43 bits per heavy atom. The van der Waals surface area contributed by atoms with Crippen molar-refractivity contribution in [2.45, 2.75) is 13.0 Å². The fraction of sp³-hybridized carbons (Fsp3) is 0.346. The SMILES string of the molecule is CCOC(=O)C1=C(CN2CCN(C(=O)c3ccccc3)CC2)N(C)C(=O)NC1c1cccc(F)c1. The lowest BCUT2D eigenvalue weighted by Crippen LogP contribution is -2.53. The first-order valence-corrected chi connectivity index (χ1v) is 11.7. The molecule has 8 nitrogen and oxygen atoms in total. The number of carbonyl (C=O) groups is 3. The molecule has 1 N–H and O–H groups in total. The van der Waals surface area contributed by atoms with Gasteiger partial charge in [0.25, 0.3) is 5.91 Å². The molecule has 9 heteroatoms. The molecule has 0 spiro atoms. The summed E-state index contributed by atoms with van der Waals surface area (Å²) in [5, 5.41) is 2.80. The van der Waals surface area contributed by atoms with E-state index in [4.69, 9.17) is 4.74 Å². The number of benzene rings is 2. The zero-order valence-electron chi connectivity index (χ0n) is 19.9. The van der Waals surface area contributed by atoms with Gasteiger partial charge in [0.2, 0.25) is 0 Å². The van der Waals surface area contributed by atoms with Crippen LogP contribution >= 0.6 is 0 Å². The predicted molar refractivity (Wildman–Crippen MR) is 128 cm³/mol. The smallest absolute Gasteiger partial charge is 0.338 e. The van der Waals surface area contributed by atoms with Gasteiger partial charge >= 0.3 is 12.0 Å². The van der Waals surface area contributed by atoms with Gasteiger partial charge in [-0.15, -0.1) is 0 Å². The number of likely N-dealkylation sites (N-methyl/N-ethyl adjacent to an activating group) is 1. The van der Waals surface area contributed by atoms with Crippen molar-refractivity contribution in [2.75, 3.05) is 46.4 Å². The molecule has 184 valence electrons. The quantitative estimate of drug-likeness (QED) is 0.643. The molecular formula is C26H29FN4O4. The largest absolute Gasteiger partial charge is 0.463 e. The van der Waals surface area contributed by atoms with Gasteiger partial charge in [-0.1, -0.05) is 30.3 Å². The van der Waals surface area contributed by atoms with Crippen molar-refractivity contribution in [3.8, 4) is 0 Å². The summed E-state index contributed by atoms with van der Waals surface area (Å²) in [6.45, 7) is 4.42. The summed E-state index contributed by atoms with van der Waals surface area (Å²) < 4.78 is 19.3. The molecule has 2 aromatic carbocycles. The molecule has 0 saturated carbocycles. The van der Waals surface area contributed by atoms with Crippen molar-refractivity contribution in [3.05, 3.63) is 82.8 Å². The summed E-state index contributed by atoms with van der Waals surface area (Å²) in [6.07, 6.45) is 0. The lowest BCUT2D eigenvalue weighted by atomic mass is 9.94. The van der Waals surface area contributed by atoms with Crippen LogP contribution in [0.15, 0.2) is 65.9 Å². The summed E-state index contributed by atoms with van der Waals surface area (Å²) >= 11 is 0. The third-order valence-corrected chi connectivity index (χ3v) is 6.31. The standard InChI is InChI=1S/C26H29FN4O4/c1-3-35-25(33)22-21(29(2)26(34)28-23(22)19-10-7-11-20(27)16-19)17-30-12-14-31(15-13-30)24(32)18-8-5-4-6-9-18/h4-11,16,23H,3,12-15,17H2,1-2H3,(H,28,34). The lowest BCUT2D eigenvalue weighted by molar-refractivity contribution is -0.139. The van der Waals surface area contributed by atoms with Gasteiger partial charge in [-0.2, -0.15) is 0 Å². The number of esters is 1. The average molecular weight is 481 g/mol. The van der Waals surface area contributed by atoms with Gasteiger partial charge in [0, 0.05) is 51.0 Å². The molecule has 2 aliphatic rings. The molecule has 1 atom stereocenters. The van der Waals surface area contributed by atoms with Crippen LogP contribution in [0, 0.1) is 5.82 Å². The van der Waals surface area contributed by atoms with Crippen LogP contribution in [-0.2, 0) is 9.53 Å². The van der Waals surface area contributed by atoms with Gasteiger partial charge < -0.3 is 15.0 Å². The van der Waals surface area contributed by atoms with Crippen LogP contribution in [0.3, 0.4) is 0 Å². The monoisotopic (exact) mass is 480 g/mol. The van der Waals surface area contributed by atoms with E-state index < -0.39 is 17.8 Å². The zero-order chi connectivity index (χ0) is 24.9. The Kier molecular flexibility index (Phi) is 7.45. The van der Waals surface area contributed by atoms with Gasteiger partial charge in [-0.3, -0.25) is 14.6 Å². The number of urea groups is 1. The molecule has 2 aliphatic heterocycles. The minimum atomic E-state index is -0.829. The molecule has 4 rings (SSSR count). The third-order valence-electron chi connectivity index (χ3n) is 6.31. The number of piperazine rings is 1. The van der Waals surface area contributed by atoms with Gasteiger partial charge in [-0.05, 0) is 36.8 Å². The first-order valence-electron chi connectivity index (χ1n) is 11.7. The number of carbonyl (C=O) groups excluding carboxylic acids is 3. The molecule has 35 heavy (non-hydrogen) atoms. The van der Waals surface area contributed by atoms with Crippen molar-refractivity contribution in [3.63, 3.8) is 0 Å². The highest BCUT2D eigenvalue weighted by atomic mass is 19.1. The first-order chi connectivity index (χ1) is 16.9. The van der Waals surface area contributed by atoms with Crippen molar-refractivity contribution in [1.82, 2.24) is 20.0 Å². The van der Waals surface area contributed by atoms with Crippen LogP contribution in [0.4, 0.5) is 9.18 Å². The van der Waals surface area contributed by atoms with Crippen molar-refractivity contribution < 1.29 is 23.5 Å². The van der Waals surface area contributed by atoms with E-state index in [0.717, 1.165) is 0 Å². The van der Waals surface area contributed by atoms with Gasteiger partial charge in [0.1, 0.15) is 5.82 Å². The lowest BCUT2D eigenvalue weighted by Gasteiger charge is -2.39. The Morgan fingerprint density at radius 1 is 1.06 bits per heavy atom. The van der Waals surface area contributed by atoms with E-state index in [1.807, 2.05) is 18.2 Å². The summed E-state index contributed by atoms with van der Waals surface area (Å²) in [4.78, 5) is 43.9. The molecule has 0 radical (unpaired) electrons. The second kappa shape index (κ2) is 10.7. The molecule has 2 heterocycles. The first kappa shape index (κ1) is 24.4. The molecule has 3 amide bonds. The number of ether oxygens (including phenoxy) is 1. The summed E-state index contributed by atoms with van der Waals surface area (Å²) in [5.74, 6) is -1.03. The fourth-order valence-electron chi connectivity index (χ4n) is 4.42. The predicted octanol–water partition coefficient (Wildman–Crippen LogP) is 2.80. The molecule has 0 bridgehead atoms. The Bertz CT molecular complexity index is 1130. The number of rotatable bonds is 6. The summed E-state index contributed by atoms with van der Waals surface area (Å²) in [7, 11) is 1.60. The summed E-state index contributed by atoms with van der Waals surface area (Å²) in [5.41, 5.74) is 1.90. The average Bonchev–Trinajstić information content (AvgIpc) is 2.87. The topological polar surface area (TPSA) is 82.2 Å². The fourth-order valence-corrected chi connectivity index (χ4v) is 4.42. The molecule has 0 aliphatic carbocycles. The number of amides is 3. The third kappa shape index (κ3) is 5.35. The van der Waals surface area contributed by atoms with Gasteiger partial charge in [-0.25, -0.2) is 14.0 Å². The van der Waals surface area contributed by atoms with E-state index in [-0.39, 0.29) is 24.1 Å². The zero-order valence-corrected chi connectivity index (χ0v) is 19.9. The van der Waals surface area contributed by atoms with E-state index in [1.54, 1.807) is 43.1 Å². The number of hydrogen-bond donors (Lipinski definition) is 1. The number of nitrogens with zero attached hydrogens (tertiary/aromatic N) is 3. The maximum absolute atomic E-state index is 14.0. The second-order valence-corrected chi connectivity index (χ2v) is 8.51. The van der Waals surface area contributed by atoms with E-state index in [2.05, 4.69) is 10.2 Å². The van der Waals surface area contributed by atoms with Crippen LogP contribution in [0.5, 0.6) is 0 Å². The van der Waals surface area contributed by atoms with E-state index in [1.165, 1.54) is 17.0 Å². The molecule has 1 saturated heterocycles. The molecule has 1 fully saturated rings. The number of halogens is 1. The van der Waals surface area contributed by atoms with E-state index in [0.29, 0.717) is 49.5 Å². The molecular weight excluding hydrogens is 451 g/mol. The highest BCUT2D eigenvalue weighted by Gasteiger charge is 2.38. The van der Waals surface area contributed by atoms with Crippen molar-refractivity contribution >= 4 is 17.9 Å². The molecule has 2 aromatic rings. The van der Waals surface area contributed by atoms with Crippen LogP contribution < -0.4 is 5.32 Å². The van der Waals surface area contributed by atoms with Crippen LogP contribution in [0.2, 0.25) is 0 Å². The summed E-state index contributed by atoms with van der Waals surface area (Å²) in [6, 6.07) is 13.8. The van der Waals surface area contributed by atoms with Crippen LogP contribution in [0.1, 0.15) is 28.9 Å². The molecule has 0 aromatic heterocycles. The Balaban J connectivity index is 1.57. The Hall–Kier alpha value is -3.72. The highest BCUT2D eigenvalue weighted by Crippen LogP contribution is 2.32. The maximum Gasteiger partial charge on any atom is 0.338 e. The molecule has 1 unspecified atom stereocenters. The second-order valence-electron chi connectivity index (χ2n) is 8.51. The minimum absolute atomic E-state index is 0.0167. The van der Waals surface area contributed by atoms with Crippen LogP contribution in [0.25, 0.3) is 0 Å². The van der Waals surface area contributed by atoms with E-state index >= 15 is 0 Å². The van der Waals surface area contributed by atoms with Gasteiger partial charge in [0.05, 0.1) is 18.2 Å². The Morgan fingerprint density at radius 2 is 1.77 bits per heavy atom. The Labute approximate surface area is 203 Å². The number of nitrogens with one attached hydrogen (secondary N) is 1.